The Morgan fingerprint density at radius 1 is 0.568 bits per heavy atom. The van der Waals surface area contributed by atoms with E-state index in [1.165, 1.54) is 28.8 Å². The lowest BCUT2D eigenvalue weighted by molar-refractivity contribution is 0.0453. The van der Waals surface area contributed by atoms with Crippen LogP contribution >= 0.6 is 0 Å². The van der Waals surface area contributed by atoms with Gasteiger partial charge in [-0.3, -0.25) is 9.59 Å². The number of nitrogens with one attached hydrogen (secondary N) is 2. The number of hydrogen-bond donors (Lipinski definition) is 2. The van der Waals surface area contributed by atoms with Gasteiger partial charge in [0.15, 0.2) is 0 Å². The molecule has 5 rings (SSSR count). The first-order valence-electron chi connectivity index (χ1n) is 13.7. The molecule has 0 atom stereocenters. The number of anilines is 2. The topological polar surface area (TPSA) is 126 Å². The molecule has 0 fully saturated rings. The van der Waals surface area contributed by atoms with Gasteiger partial charge in [-0.1, -0.05) is 60.7 Å². The lowest BCUT2D eigenvalue weighted by Crippen LogP contribution is -2.20. The lowest BCUT2D eigenvalue weighted by Gasteiger charge is -2.08. The molecule has 11 nitrogen and oxygen atoms in total. The Labute approximate surface area is 253 Å². The molecule has 3 aromatic heterocycles. The molecular weight excluding hydrogens is 562 g/mol. The highest BCUT2D eigenvalue weighted by atomic mass is 16.5. The maximum Gasteiger partial charge on any atom is 0.355 e. The summed E-state index contributed by atoms with van der Waals surface area (Å²) in [5.41, 5.74) is 3.52. The summed E-state index contributed by atoms with van der Waals surface area (Å²) in [7, 11) is 4.95. The first kappa shape index (κ1) is 29.6. The predicted molar refractivity (Wildman–Crippen MR) is 163 cm³/mol. The zero-order valence-electron chi connectivity index (χ0n) is 24.4. The van der Waals surface area contributed by atoms with E-state index in [1.807, 2.05) is 60.7 Å². The number of ether oxygens (including phenoxy) is 2. The quantitative estimate of drug-likeness (QED) is 0.222. The van der Waals surface area contributed by atoms with Crippen molar-refractivity contribution in [3.05, 3.63) is 131 Å². The molecule has 2 N–H and O–H groups in total. The average molecular weight is 594 g/mol. The summed E-state index contributed by atoms with van der Waals surface area (Å²) in [5.74, 6) is -1.99. The molecule has 0 spiro atoms. The first-order chi connectivity index (χ1) is 21.2. The van der Waals surface area contributed by atoms with Crippen LogP contribution < -0.4 is 10.6 Å². The molecule has 2 amide bonds. The molecule has 0 aliphatic heterocycles. The fourth-order valence-electron chi connectivity index (χ4n) is 4.62. The van der Waals surface area contributed by atoms with Crippen LogP contribution in [0.15, 0.2) is 97.3 Å². The van der Waals surface area contributed by atoms with Crippen molar-refractivity contribution in [2.45, 2.75) is 13.2 Å². The van der Waals surface area contributed by atoms with Gasteiger partial charge in [-0.2, -0.15) is 0 Å². The third-order valence-corrected chi connectivity index (χ3v) is 6.96. The normalized spacial score (nSPS) is 10.7. The van der Waals surface area contributed by atoms with Crippen LogP contribution in [0.4, 0.5) is 11.4 Å². The van der Waals surface area contributed by atoms with Crippen molar-refractivity contribution in [3.8, 4) is 0 Å². The maximum atomic E-state index is 13.1. The second-order valence-electron chi connectivity index (χ2n) is 10.1. The minimum Gasteiger partial charge on any atom is -0.456 e. The number of esters is 2. The van der Waals surface area contributed by atoms with Crippen LogP contribution in [-0.2, 0) is 43.8 Å². The van der Waals surface area contributed by atoms with Crippen LogP contribution in [0.1, 0.15) is 53.1 Å². The lowest BCUT2D eigenvalue weighted by atomic mass is 10.2. The fourth-order valence-corrected chi connectivity index (χ4v) is 4.62. The molecule has 0 saturated heterocycles. The van der Waals surface area contributed by atoms with Crippen LogP contribution in [0, 0.1) is 0 Å². The first-order valence-corrected chi connectivity index (χ1v) is 13.7. The summed E-state index contributed by atoms with van der Waals surface area (Å²) >= 11 is 0. The largest absolute Gasteiger partial charge is 0.456 e. The van der Waals surface area contributed by atoms with E-state index in [0.29, 0.717) is 11.4 Å². The Balaban J connectivity index is 1.19. The van der Waals surface area contributed by atoms with E-state index in [2.05, 4.69) is 10.6 Å². The minimum absolute atomic E-state index is 0.128. The predicted octanol–water partition coefficient (Wildman–Crippen LogP) is 4.92. The molecule has 5 aromatic rings. The van der Waals surface area contributed by atoms with Gasteiger partial charge in [0.1, 0.15) is 36.0 Å². The molecule has 3 heterocycles. The average Bonchev–Trinajstić information content (AvgIpc) is 3.71. The van der Waals surface area contributed by atoms with Gasteiger partial charge in [-0.25, -0.2) is 9.59 Å². The van der Waals surface area contributed by atoms with Gasteiger partial charge in [-0.15, -0.1) is 0 Å². The number of benzene rings is 2. The van der Waals surface area contributed by atoms with Crippen molar-refractivity contribution in [2.75, 3.05) is 10.6 Å². The second kappa shape index (κ2) is 13.0. The van der Waals surface area contributed by atoms with Gasteiger partial charge in [-0.05, 0) is 35.4 Å². The third-order valence-electron chi connectivity index (χ3n) is 6.96. The highest BCUT2D eigenvalue weighted by molar-refractivity contribution is 6.08. The number of hydrogen-bond acceptors (Lipinski definition) is 6. The molecule has 2 aromatic carbocycles. The zero-order chi connectivity index (χ0) is 31.2. The van der Waals surface area contributed by atoms with Gasteiger partial charge >= 0.3 is 11.9 Å². The number of carbonyl (C=O) groups excluding carboxylic acids is 4. The number of aryl methyl sites for hydroxylation is 2. The fraction of sp³-hybridized carbons (Fsp3) is 0.152. The SMILES string of the molecule is Cn1cc(NC(=O)c2ccc(C(=O)Nc3cc(C(=O)OCc4ccccc4)n(C)c3)n2C)cc1C(=O)OCc1ccccc1. The Bertz CT molecular complexity index is 1690. The van der Waals surface area contributed by atoms with Crippen molar-refractivity contribution < 1.29 is 28.7 Å². The maximum absolute atomic E-state index is 13.1. The van der Waals surface area contributed by atoms with Crippen molar-refractivity contribution in [2.24, 2.45) is 21.1 Å². The van der Waals surface area contributed by atoms with E-state index in [-0.39, 0.29) is 36.0 Å². The van der Waals surface area contributed by atoms with Crippen LogP contribution in [-0.4, -0.2) is 37.5 Å². The van der Waals surface area contributed by atoms with Gasteiger partial charge in [0.25, 0.3) is 11.8 Å². The van der Waals surface area contributed by atoms with Gasteiger partial charge in [0.05, 0.1) is 11.4 Å². The van der Waals surface area contributed by atoms with Crippen molar-refractivity contribution >= 4 is 35.1 Å². The molecule has 0 aliphatic carbocycles. The highest BCUT2D eigenvalue weighted by Crippen LogP contribution is 2.19. The summed E-state index contributed by atoms with van der Waals surface area (Å²) in [4.78, 5) is 51.4. The monoisotopic (exact) mass is 593 g/mol. The summed E-state index contributed by atoms with van der Waals surface area (Å²) in [6.45, 7) is 0.257. The number of carbonyl (C=O) groups is 4. The summed E-state index contributed by atoms with van der Waals surface area (Å²) in [6, 6.07) is 24.8. The van der Waals surface area contributed by atoms with Crippen LogP contribution in [0.2, 0.25) is 0 Å². The van der Waals surface area contributed by atoms with Gasteiger partial charge in [0, 0.05) is 33.5 Å². The van der Waals surface area contributed by atoms with E-state index in [1.54, 1.807) is 42.7 Å². The Kier molecular flexibility index (Phi) is 8.75. The molecule has 44 heavy (non-hydrogen) atoms. The van der Waals surface area contributed by atoms with E-state index < -0.39 is 23.8 Å². The number of aromatic nitrogens is 3. The Morgan fingerprint density at radius 3 is 1.34 bits per heavy atom. The standard InChI is InChI=1S/C33H31N5O6/c1-36-18-24(16-28(36)32(41)43-20-22-10-6-4-7-11-22)34-30(39)26-14-15-27(38(26)3)31(40)35-25-17-29(37(2)19-25)33(42)44-21-23-12-8-5-9-13-23/h4-19H,20-21H2,1-3H3,(H,34,39)(H,35,40). The molecule has 224 valence electrons. The minimum atomic E-state index is -0.525. The number of nitrogens with zero attached hydrogens (tertiary/aromatic N) is 3. The molecule has 0 saturated carbocycles. The molecule has 0 unspecified atom stereocenters. The Hall–Kier alpha value is -5.84. The second-order valence-corrected chi connectivity index (χ2v) is 10.1. The van der Waals surface area contributed by atoms with Crippen molar-refractivity contribution in [1.29, 1.82) is 0 Å². The zero-order valence-corrected chi connectivity index (χ0v) is 24.4. The van der Waals surface area contributed by atoms with Gasteiger partial charge < -0.3 is 33.8 Å². The summed E-state index contributed by atoms with van der Waals surface area (Å²) in [5, 5.41) is 5.53. The highest BCUT2D eigenvalue weighted by Gasteiger charge is 2.21. The molecule has 0 radical (unpaired) electrons. The summed E-state index contributed by atoms with van der Waals surface area (Å²) in [6.07, 6.45) is 3.21. The molecule has 0 aliphatic rings. The van der Waals surface area contributed by atoms with E-state index in [0.717, 1.165) is 11.1 Å². The number of rotatable bonds is 10. The summed E-state index contributed by atoms with van der Waals surface area (Å²) < 4.78 is 15.4. The van der Waals surface area contributed by atoms with Gasteiger partial charge in [0.2, 0.25) is 0 Å². The molecule has 0 bridgehead atoms. The van der Waals surface area contributed by atoms with Crippen LogP contribution in [0.3, 0.4) is 0 Å². The Morgan fingerprint density at radius 2 is 0.955 bits per heavy atom. The smallest absolute Gasteiger partial charge is 0.355 e. The van der Waals surface area contributed by atoms with Crippen LogP contribution in [0.5, 0.6) is 0 Å². The molecule has 11 heteroatoms. The van der Waals surface area contributed by atoms with Crippen LogP contribution in [0.25, 0.3) is 0 Å². The van der Waals surface area contributed by atoms with E-state index in [4.69, 9.17) is 9.47 Å². The van der Waals surface area contributed by atoms with Crippen molar-refractivity contribution in [1.82, 2.24) is 13.7 Å². The van der Waals surface area contributed by atoms with E-state index >= 15 is 0 Å². The molecular formula is C33H31N5O6. The third kappa shape index (κ3) is 6.79. The number of amides is 2. The van der Waals surface area contributed by atoms with E-state index in [9.17, 15) is 19.2 Å². The van der Waals surface area contributed by atoms with Crippen molar-refractivity contribution in [3.63, 3.8) is 0 Å².